The molecule has 88 valence electrons. The van der Waals surface area contributed by atoms with Gasteiger partial charge in [-0.05, 0) is 6.07 Å². The zero-order valence-electron chi connectivity index (χ0n) is 8.26. The van der Waals surface area contributed by atoms with Crippen LogP contribution in [0.1, 0.15) is 0 Å². The van der Waals surface area contributed by atoms with E-state index in [0.29, 0.717) is 0 Å². The molecule has 0 bridgehead atoms. The molecule has 3 N–H and O–H groups in total. The predicted molar refractivity (Wildman–Crippen MR) is 54.6 cm³/mol. The molecule has 0 radical (unpaired) electrons. The van der Waals surface area contributed by atoms with Gasteiger partial charge in [0.05, 0.1) is 35.9 Å². The molecule has 0 atom stereocenters. The molecule has 1 aromatic carbocycles. The number of nitrogens with one attached hydrogen (secondary N) is 1. The summed E-state index contributed by atoms with van der Waals surface area (Å²) in [7, 11) is 0. The van der Waals surface area contributed by atoms with Crippen molar-refractivity contribution in [3.8, 4) is 0 Å². The van der Waals surface area contributed by atoms with Crippen LogP contribution in [0, 0.1) is 15.9 Å². The van der Waals surface area contributed by atoms with Gasteiger partial charge in [-0.25, -0.2) is 4.39 Å². The number of anilines is 1. The highest BCUT2D eigenvalue weighted by Crippen LogP contribution is 2.20. The van der Waals surface area contributed by atoms with Crippen molar-refractivity contribution in [3.05, 3.63) is 34.1 Å². The molecule has 0 aliphatic heterocycles. The van der Waals surface area contributed by atoms with Crippen molar-refractivity contribution in [1.29, 1.82) is 0 Å². The molecular formula is C9H11FN2O4. The average Bonchev–Trinajstić information content (AvgIpc) is 2.27. The second kappa shape index (κ2) is 5.38. The Balaban J connectivity index is 2.86. The van der Waals surface area contributed by atoms with E-state index in [1.54, 1.807) is 0 Å². The summed E-state index contributed by atoms with van der Waals surface area (Å²) in [6.07, 6.45) is 0. The second-order valence-corrected chi connectivity index (χ2v) is 3.13. The number of hydrogen-bond acceptors (Lipinski definition) is 5. The standard InChI is InChI=1S/C9H11FN2O4/c10-8-3-7(12(15)16)1-2-9(8)11-6(4-13)5-14/h1-3,6,11,13-14H,4-5H2. The first-order valence-corrected chi connectivity index (χ1v) is 4.50. The molecule has 0 unspecified atom stereocenters. The van der Waals surface area contributed by atoms with E-state index in [0.717, 1.165) is 12.1 Å². The van der Waals surface area contributed by atoms with E-state index in [-0.39, 0.29) is 24.6 Å². The first-order chi connectivity index (χ1) is 7.58. The van der Waals surface area contributed by atoms with E-state index >= 15 is 0 Å². The van der Waals surface area contributed by atoms with Gasteiger partial charge in [0.25, 0.3) is 5.69 Å². The quantitative estimate of drug-likeness (QED) is 0.505. The van der Waals surface area contributed by atoms with Crippen molar-refractivity contribution in [1.82, 2.24) is 0 Å². The molecule has 0 aromatic heterocycles. The number of nitrogens with zero attached hydrogens (tertiary/aromatic N) is 1. The maximum Gasteiger partial charge on any atom is 0.272 e. The van der Waals surface area contributed by atoms with Gasteiger partial charge in [-0.1, -0.05) is 0 Å². The minimum Gasteiger partial charge on any atom is -0.394 e. The maximum atomic E-state index is 13.3. The molecule has 0 fully saturated rings. The SMILES string of the molecule is O=[N+]([O-])c1ccc(NC(CO)CO)c(F)c1. The van der Waals surface area contributed by atoms with Crippen LogP contribution in [0.3, 0.4) is 0 Å². The van der Waals surface area contributed by atoms with Crippen LogP contribution < -0.4 is 5.32 Å². The Kier molecular flexibility index (Phi) is 4.15. The number of nitro groups is 1. The van der Waals surface area contributed by atoms with Crippen molar-refractivity contribution >= 4 is 11.4 Å². The molecule has 0 saturated heterocycles. The van der Waals surface area contributed by atoms with Gasteiger partial charge in [-0.3, -0.25) is 10.1 Å². The molecule has 0 saturated carbocycles. The van der Waals surface area contributed by atoms with Gasteiger partial charge in [0.2, 0.25) is 0 Å². The van der Waals surface area contributed by atoms with Crippen LogP contribution in [-0.4, -0.2) is 34.4 Å². The Bertz CT molecular complexity index is 382. The lowest BCUT2D eigenvalue weighted by Gasteiger charge is -2.14. The van der Waals surface area contributed by atoms with E-state index in [1.165, 1.54) is 6.07 Å². The number of aliphatic hydroxyl groups is 2. The third-order valence-corrected chi connectivity index (χ3v) is 1.96. The summed E-state index contributed by atoms with van der Waals surface area (Å²) < 4.78 is 13.3. The zero-order valence-corrected chi connectivity index (χ0v) is 8.26. The molecule has 0 heterocycles. The lowest BCUT2D eigenvalue weighted by Crippen LogP contribution is -2.28. The summed E-state index contributed by atoms with van der Waals surface area (Å²) in [5.74, 6) is -0.805. The minimum absolute atomic E-state index is 0.00120. The monoisotopic (exact) mass is 230 g/mol. The Morgan fingerprint density at radius 3 is 2.50 bits per heavy atom. The van der Waals surface area contributed by atoms with E-state index in [1.807, 2.05) is 0 Å². The van der Waals surface area contributed by atoms with Gasteiger partial charge in [0.1, 0.15) is 0 Å². The van der Waals surface area contributed by atoms with Crippen molar-refractivity contribution < 1.29 is 19.5 Å². The maximum absolute atomic E-state index is 13.3. The van der Waals surface area contributed by atoms with Crippen LogP contribution in [0.15, 0.2) is 18.2 Å². The smallest absolute Gasteiger partial charge is 0.272 e. The van der Waals surface area contributed by atoms with Gasteiger partial charge < -0.3 is 15.5 Å². The van der Waals surface area contributed by atoms with E-state index in [9.17, 15) is 14.5 Å². The molecule has 1 rings (SSSR count). The fourth-order valence-electron chi connectivity index (χ4n) is 1.10. The first-order valence-electron chi connectivity index (χ1n) is 4.50. The number of nitro benzene ring substituents is 1. The van der Waals surface area contributed by atoms with Crippen molar-refractivity contribution in [3.63, 3.8) is 0 Å². The molecule has 6 nitrogen and oxygen atoms in total. The van der Waals surface area contributed by atoms with Crippen molar-refractivity contribution in [2.75, 3.05) is 18.5 Å². The molecule has 0 aliphatic carbocycles. The average molecular weight is 230 g/mol. The minimum atomic E-state index is -0.805. The molecule has 0 spiro atoms. The Labute approximate surface area is 90.5 Å². The number of non-ortho nitro benzene ring substituents is 1. The van der Waals surface area contributed by atoms with Crippen LogP contribution in [0.25, 0.3) is 0 Å². The third-order valence-electron chi connectivity index (χ3n) is 1.96. The highest BCUT2D eigenvalue weighted by molar-refractivity contribution is 5.50. The molecular weight excluding hydrogens is 219 g/mol. The van der Waals surface area contributed by atoms with E-state index < -0.39 is 16.8 Å². The summed E-state index contributed by atoms with van der Waals surface area (Å²) >= 11 is 0. The summed E-state index contributed by atoms with van der Waals surface area (Å²) in [6.45, 7) is -0.736. The van der Waals surface area contributed by atoms with Crippen LogP contribution in [0.5, 0.6) is 0 Å². The topological polar surface area (TPSA) is 95.6 Å². The number of benzene rings is 1. The molecule has 7 heteroatoms. The van der Waals surface area contributed by atoms with Gasteiger partial charge in [-0.15, -0.1) is 0 Å². The summed E-state index contributed by atoms with van der Waals surface area (Å²) in [6, 6.07) is 2.40. The molecule has 16 heavy (non-hydrogen) atoms. The van der Waals surface area contributed by atoms with Gasteiger partial charge in [0.15, 0.2) is 5.82 Å². The van der Waals surface area contributed by atoms with Crippen LogP contribution >= 0.6 is 0 Å². The van der Waals surface area contributed by atoms with Crippen LogP contribution in [-0.2, 0) is 0 Å². The summed E-state index contributed by atoms with van der Waals surface area (Å²) in [4.78, 5) is 9.63. The second-order valence-electron chi connectivity index (χ2n) is 3.13. The fourth-order valence-corrected chi connectivity index (χ4v) is 1.10. The van der Waals surface area contributed by atoms with Crippen LogP contribution in [0.4, 0.5) is 15.8 Å². The lowest BCUT2D eigenvalue weighted by atomic mass is 10.2. The zero-order chi connectivity index (χ0) is 12.1. The number of rotatable bonds is 5. The van der Waals surface area contributed by atoms with E-state index in [2.05, 4.69) is 5.32 Å². The normalized spacial score (nSPS) is 10.5. The number of aliphatic hydroxyl groups excluding tert-OH is 2. The highest BCUT2D eigenvalue weighted by Gasteiger charge is 2.13. The van der Waals surface area contributed by atoms with Crippen molar-refractivity contribution in [2.24, 2.45) is 0 Å². The fraction of sp³-hybridized carbons (Fsp3) is 0.333. The highest BCUT2D eigenvalue weighted by atomic mass is 19.1. The molecule has 0 amide bonds. The molecule has 1 aromatic rings. The molecule has 0 aliphatic rings. The lowest BCUT2D eigenvalue weighted by molar-refractivity contribution is -0.385. The number of halogens is 1. The van der Waals surface area contributed by atoms with Crippen LogP contribution in [0.2, 0.25) is 0 Å². The number of hydrogen-bond donors (Lipinski definition) is 3. The summed E-state index contributed by atoms with van der Waals surface area (Å²) in [5, 5.41) is 30.4. The largest absolute Gasteiger partial charge is 0.394 e. The van der Waals surface area contributed by atoms with E-state index in [4.69, 9.17) is 10.2 Å². The first kappa shape index (κ1) is 12.3. The summed E-state index contributed by atoms with van der Waals surface area (Å²) in [5.41, 5.74) is -0.355. The van der Waals surface area contributed by atoms with Crippen molar-refractivity contribution in [2.45, 2.75) is 6.04 Å². The Morgan fingerprint density at radius 1 is 1.44 bits per heavy atom. The van der Waals surface area contributed by atoms with Gasteiger partial charge >= 0.3 is 0 Å². The predicted octanol–water partition coefficient (Wildman–Crippen LogP) is 0.499. The van der Waals surface area contributed by atoms with Gasteiger partial charge in [0, 0.05) is 6.07 Å². The van der Waals surface area contributed by atoms with Gasteiger partial charge in [-0.2, -0.15) is 0 Å². The Morgan fingerprint density at radius 2 is 2.06 bits per heavy atom. The Hall–Kier alpha value is -1.73. The third kappa shape index (κ3) is 2.88.